The Balaban J connectivity index is 2.31. The number of rotatable bonds is 4. The van der Waals surface area contributed by atoms with Crippen LogP contribution >= 0.6 is 0 Å². The lowest BCUT2D eigenvalue weighted by molar-refractivity contribution is -0.122. The first-order valence-corrected chi connectivity index (χ1v) is 8.66. The molecule has 0 saturated carbocycles. The van der Waals surface area contributed by atoms with Crippen molar-refractivity contribution in [3.05, 3.63) is 23.3 Å². The highest BCUT2D eigenvalue weighted by Crippen LogP contribution is 2.30. The molecular weight excluding hydrogens is 304 g/mol. The number of carbonyl (C=O) groups is 1. The molecule has 6 nitrogen and oxygen atoms in total. The van der Waals surface area contributed by atoms with Gasteiger partial charge in [0, 0.05) is 19.0 Å². The summed E-state index contributed by atoms with van der Waals surface area (Å²) in [6, 6.07) is 3.44. The number of aryl methyl sites for hydroxylation is 2. The van der Waals surface area contributed by atoms with Gasteiger partial charge in [0.1, 0.15) is 5.75 Å². The lowest BCUT2D eigenvalue weighted by Gasteiger charge is -2.30. The fourth-order valence-corrected chi connectivity index (χ4v) is 4.83. The monoisotopic (exact) mass is 326 g/mol. The zero-order valence-electron chi connectivity index (χ0n) is 13.1. The van der Waals surface area contributed by atoms with Crippen LogP contribution in [0.1, 0.15) is 24.0 Å². The second-order valence-electron chi connectivity index (χ2n) is 5.67. The quantitative estimate of drug-likeness (QED) is 0.900. The molecule has 0 atom stereocenters. The Morgan fingerprint density at radius 1 is 1.23 bits per heavy atom. The van der Waals surface area contributed by atoms with Crippen molar-refractivity contribution in [2.45, 2.75) is 31.6 Å². The number of ether oxygens (including phenoxy) is 1. The number of nitrogens with zero attached hydrogens (tertiary/aromatic N) is 1. The predicted molar refractivity (Wildman–Crippen MR) is 83.1 cm³/mol. The van der Waals surface area contributed by atoms with E-state index in [1.54, 1.807) is 33.1 Å². The molecule has 1 aliphatic heterocycles. The Labute approximate surface area is 131 Å². The predicted octanol–water partition coefficient (Wildman–Crippen LogP) is 1.20. The Morgan fingerprint density at radius 2 is 1.73 bits per heavy atom. The molecule has 1 amide bonds. The molecule has 0 radical (unpaired) electrons. The highest BCUT2D eigenvalue weighted by Gasteiger charge is 2.33. The van der Waals surface area contributed by atoms with Crippen LogP contribution in [0.25, 0.3) is 0 Å². The van der Waals surface area contributed by atoms with Gasteiger partial charge < -0.3 is 10.5 Å². The van der Waals surface area contributed by atoms with E-state index in [1.807, 2.05) is 0 Å². The maximum absolute atomic E-state index is 12.9. The summed E-state index contributed by atoms with van der Waals surface area (Å²) in [6.07, 6.45) is 0.950. The number of nitrogens with two attached hydrogens (primary N) is 1. The summed E-state index contributed by atoms with van der Waals surface area (Å²) < 4.78 is 32.4. The van der Waals surface area contributed by atoms with Crippen molar-refractivity contribution in [2.24, 2.45) is 11.7 Å². The van der Waals surface area contributed by atoms with Crippen LogP contribution in [-0.2, 0) is 14.8 Å². The van der Waals surface area contributed by atoms with E-state index in [-0.39, 0.29) is 11.8 Å². The summed E-state index contributed by atoms with van der Waals surface area (Å²) in [5.41, 5.74) is 6.61. The minimum atomic E-state index is -3.57. The molecule has 0 unspecified atom stereocenters. The van der Waals surface area contributed by atoms with Crippen molar-refractivity contribution >= 4 is 15.9 Å². The van der Waals surface area contributed by atoms with Crippen LogP contribution in [-0.4, -0.2) is 38.8 Å². The van der Waals surface area contributed by atoms with Crippen LogP contribution in [0.15, 0.2) is 17.0 Å². The van der Waals surface area contributed by atoms with Gasteiger partial charge in [-0.3, -0.25) is 4.79 Å². The van der Waals surface area contributed by atoms with Gasteiger partial charge in [0.25, 0.3) is 0 Å². The number of piperidine rings is 1. The zero-order chi connectivity index (χ0) is 16.5. The molecule has 1 fully saturated rings. The molecule has 1 saturated heterocycles. The van der Waals surface area contributed by atoms with Gasteiger partial charge in [0.15, 0.2) is 0 Å². The first-order chi connectivity index (χ1) is 10.3. The molecule has 2 rings (SSSR count). The minimum Gasteiger partial charge on any atom is -0.497 e. The highest BCUT2D eigenvalue weighted by molar-refractivity contribution is 7.89. The third kappa shape index (κ3) is 3.10. The molecule has 0 bridgehead atoms. The van der Waals surface area contributed by atoms with E-state index < -0.39 is 10.0 Å². The summed E-state index contributed by atoms with van der Waals surface area (Å²) in [6.45, 7) is 4.17. The lowest BCUT2D eigenvalue weighted by Crippen LogP contribution is -2.42. The molecule has 1 heterocycles. The van der Waals surface area contributed by atoms with E-state index in [2.05, 4.69) is 0 Å². The third-order valence-electron chi connectivity index (χ3n) is 4.12. The van der Waals surface area contributed by atoms with Crippen molar-refractivity contribution in [2.75, 3.05) is 20.2 Å². The standard InChI is InChI=1S/C15H22N2O4S/c1-10-8-13(21-3)9-11(2)14(10)22(19,20)17-6-4-12(5-7-17)15(16)18/h8-9,12H,4-7H2,1-3H3,(H2,16,18). The van der Waals surface area contributed by atoms with Crippen molar-refractivity contribution in [3.63, 3.8) is 0 Å². The number of carbonyl (C=O) groups excluding carboxylic acids is 1. The first-order valence-electron chi connectivity index (χ1n) is 7.22. The van der Waals surface area contributed by atoms with Crippen molar-refractivity contribution in [1.82, 2.24) is 4.31 Å². The van der Waals surface area contributed by atoms with E-state index in [9.17, 15) is 13.2 Å². The van der Waals surface area contributed by atoms with Crippen molar-refractivity contribution < 1.29 is 17.9 Å². The normalized spacial score (nSPS) is 17.4. The summed E-state index contributed by atoms with van der Waals surface area (Å²) in [5, 5.41) is 0. The smallest absolute Gasteiger partial charge is 0.243 e. The van der Waals surface area contributed by atoms with E-state index in [1.165, 1.54) is 4.31 Å². The van der Waals surface area contributed by atoms with Gasteiger partial charge in [0.2, 0.25) is 15.9 Å². The summed E-state index contributed by atoms with van der Waals surface area (Å²) >= 11 is 0. The summed E-state index contributed by atoms with van der Waals surface area (Å²) in [4.78, 5) is 11.5. The number of sulfonamides is 1. The third-order valence-corrected chi connectivity index (χ3v) is 6.33. The zero-order valence-corrected chi connectivity index (χ0v) is 13.9. The van der Waals surface area contributed by atoms with Crippen LogP contribution in [0.4, 0.5) is 0 Å². The van der Waals surface area contributed by atoms with Crippen LogP contribution in [0.3, 0.4) is 0 Å². The van der Waals surface area contributed by atoms with Gasteiger partial charge in [-0.1, -0.05) is 0 Å². The SMILES string of the molecule is COc1cc(C)c(S(=O)(=O)N2CCC(C(N)=O)CC2)c(C)c1. The minimum absolute atomic E-state index is 0.232. The molecular formula is C15H22N2O4S. The van der Waals surface area contributed by atoms with Crippen molar-refractivity contribution in [1.29, 1.82) is 0 Å². The molecule has 122 valence electrons. The number of primary amides is 1. The van der Waals surface area contributed by atoms with Gasteiger partial charge in [-0.15, -0.1) is 0 Å². The Hall–Kier alpha value is -1.60. The molecule has 1 aliphatic rings. The average Bonchev–Trinajstić information content (AvgIpc) is 2.46. The number of amides is 1. The molecule has 1 aromatic carbocycles. The van der Waals surface area contributed by atoms with E-state index in [0.717, 1.165) is 0 Å². The average molecular weight is 326 g/mol. The number of methoxy groups -OCH3 is 1. The number of benzene rings is 1. The fourth-order valence-electron chi connectivity index (χ4n) is 2.95. The topological polar surface area (TPSA) is 89.7 Å². The molecule has 0 aliphatic carbocycles. The van der Waals surface area contributed by atoms with Crippen LogP contribution < -0.4 is 10.5 Å². The number of hydrogen-bond donors (Lipinski definition) is 1. The molecule has 2 N–H and O–H groups in total. The van der Waals surface area contributed by atoms with Crippen LogP contribution in [0.2, 0.25) is 0 Å². The van der Waals surface area contributed by atoms with E-state index in [0.29, 0.717) is 47.7 Å². The largest absolute Gasteiger partial charge is 0.497 e. The molecule has 0 spiro atoms. The van der Waals surface area contributed by atoms with E-state index in [4.69, 9.17) is 10.5 Å². The van der Waals surface area contributed by atoms with Crippen molar-refractivity contribution in [3.8, 4) is 5.75 Å². The van der Waals surface area contributed by atoms with Gasteiger partial charge in [0.05, 0.1) is 12.0 Å². The summed E-state index contributed by atoms with van der Waals surface area (Å²) in [5.74, 6) is 0.0553. The Kier molecular flexibility index (Phi) is 4.77. The maximum Gasteiger partial charge on any atom is 0.243 e. The van der Waals surface area contributed by atoms with E-state index >= 15 is 0 Å². The molecule has 1 aromatic rings. The Morgan fingerprint density at radius 3 is 2.14 bits per heavy atom. The van der Waals surface area contributed by atoms with Gasteiger partial charge in [-0.2, -0.15) is 4.31 Å². The van der Waals surface area contributed by atoms with Gasteiger partial charge in [-0.25, -0.2) is 8.42 Å². The fraction of sp³-hybridized carbons (Fsp3) is 0.533. The Bertz CT molecular complexity index is 654. The maximum atomic E-state index is 12.9. The van der Waals surface area contributed by atoms with Crippen LogP contribution in [0.5, 0.6) is 5.75 Å². The molecule has 22 heavy (non-hydrogen) atoms. The lowest BCUT2D eigenvalue weighted by atomic mass is 9.98. The second kappa shape index (κ2) is 6.26. The molecule has 7 heteroatoms. The van der Waals surface area contributed by atoms with Crippen LogP contribution in [0, 0.1) is 19.8 Å². The first kappa shape index (κ1) is 16.8. The molecule has 0 aromatic heterocycles. The summed E-state index contributed by atoms with van der Waals surface area (Å²) in [7, 11) is -2.02. The second-order valence-corrected chi connectivity index (χ2v) is 7.55. The highest BCUT2D eigenvalue weighted by atomic mass is 32.2. The van der Waals surface area contributed by atoms with Gasteiger partial charge in [-0.05, 0) is 49.9 Å². The van der Waals surface area contributed by atoms with Gasteiger partial charge >= 0.3 is 0 Å². The number of hydrogen-bond acceptors (Lipinski definition) is 4.